The summed E-state index contributed by atoms with van der Waals surface area (Å²) in [6.45, 7) is 9.71. The van der Waals surface area contributed by atoms with Gasteiger partial charge in [-0.15, -0.1) is 0 Å². The zero-order chi connectivity index (χ0) is 13.5. The van der Waals surface area contributed by atoms with Gasteiger partial charge in [-0.1, -0.05) is 6.92 Å². The molecule has 0 aliphatic heterocycles. The fourth-order valence-electron chi connectivity index (χ4n) is 1.33. The normalized spacial score (nSPS) is 13.8. The first kappa shape index (κ1) is 16.4. The van der Waals surface area contributed by atoms with E-state index in [0.717, 1.165) is 19.4 Å². The van der Waals surface area contributed by atoms with Gasteiger partial charge in [-0.3, -0.25) is 4.79 Å². The molecule has 0 aliphatic carbocycles. The largest absolute Gasteiger partial charge is 0.350 e. The second-order valence-corrected chi connectivity index (χ2v) is 5.66. The molecule has 0 aromatic heterocycles. The van der Waals surface area contributed by atoms with Crippen LogP contribution in [0, 0.1) is 0 Å². The van der Waals surface area contributed by atoms with E-state index >= 15 is 0 Å². The molecule has 102 valence electrons. The molecule has 0 saturated carbocycles. The van der Waals surface area contributed by atoms with E-state index in [1.807, 2.05) is 13.8 Å². The molecule has 0 bridgehead atoms. The summed E-state index contributed by atoms with van der Waals surface area (Å²) in [4.78, 5) is 13.8. The molecule has 1 atom stereocenters. The average molecular weight is 243 g/mol. The smallest absolute Gasteiger partial charge is 0.234 e. The molecule has 4 heteroatoms. The van der Waals surface area contributed by atoms with E-state index in [4.69, 9.17) is 0 Å². The number of carbonyl (C=O) groups is 1. The Morgan fingerprint density at radius 2 is 1.94 bits per heavy atom. The number of hydrogen-bond donors (Lipinski definition) is 2. The molecule has 0 aliphatic rings. The summed E-state index contributed by atoms with van der Waals surface area (Å²) in [5, 5.41) is 6.26. The van der Waals surface area contributed by atoms with Gasteiger partial charge < -0.3 is 15.5 Å². The van der Waals surface area contributed by atoms with E-state index in [9.17, 15) is 4.79 Å². The van der Waals surface area contributed by atoms with E-state index in [1.165, 1.54) is 0 Å². The standard InChI is InChI=1S/C13H29N3O/c1-7-13(3,4)15-12(17)10-14-11(2)8-9-16(5)6/h11,14H,7-10H2,1-6H3,(H,15,17). The summed E-state index contributed by atoms with van der Waals surface area (Å²) >= 11 is 0. The molecule has 0 radical (unpaired) electrons. The Morgan fingerprint density at radius 1 is 1.35 bits per heavy atom. The van der Waals surface area contributed by atoms with Crippen LogP contribution in [0.5, 0.6) is 0 Å². The predicted octanol–water partition coefficient (Wildman–Crippen LogP) is 1.22. The number of nitrogens with zero attached hydrogens (tertiary/aromatic N) is 1. The second kappa shape index (κ2) is 7.67. The van der Waals surface area contributed by atoms with Gasteiger partial charge in [0.2, 0.25) is 5.91 Å². The van der Waals surface area contributed by atoms with Crippen LogP contribution in [0.1, 0.15) is 40.5 Å². The molecule has 0 rings (SSSR count). The lowest BCUT2D eigenvalue weighted by Gasteiger charge is -2.25. The van der Waals surface area contributed by atoms with Crippen LogP contribution < -0.4 is 10.6 Å². The molecule has 0 fully saturated rings. The van der Waals surface area contributed by atoms with Crippen LogP contribution in [-0.4, -0.2) is 49.6 Å². The lowest BCUT2D eigenvalue weighted by molar-refractivity contribution is -0.122. The molecule has 4 nitrogen and oxygen atoms in total. The van der Waals surface area contributed by atoms with E-state index < -0.39 is 0 Å². The zero-order valence-corrected chi connectivity index (χ0v) is 12.3. The number of amides is 1. The van der Waals surface area contributed by atoms with E-state index in [0.29, 0.717) is 12.6 Å². The Balaban J connectivity index is 3.77. The highest BCUT2D eigenvalue weighted by Gasteiger charge is 2.17. The van der Waals surface area contributed by atoms with Crippen molar-refractivity contribution < 1.29 is 4.79 Å². The summed E-state index contributed by atoms with van der Waals surface area (Å²) < 4.78 is 0. The second-order valence-electron chi connectivity index (χ2n) is 5.66. The highest BCUT2D eigenvalue weighted by Crippen LogP contribution is 2.05. The van der Waals surface area contributed by atoms with Gasteiger partial charge in [0.25, 0.3) is 0 Å². The van der Waals surface area contributed by atoms with Crippen molar-refractivity contribution in [2.75, 3.05) is 27.2 Å². The number of carbonyl (C=O) groups excluding carboxylic acids is 1. The highest BCUT2D eigenvalue weighted by atomic mass is 16.2. The SMILES string of the molecule is CCC(C)(C)NC(=O)CNC(C)CCN(C)C. The monoisotopic (exact) mass is 243 g/mol. The molecule has 0 aromatic rings. The van der Waals surface area contributed by atoms with Gasteiger partial charge in [0.05, 0.1) is 6.54 Å². The van der Waals surface area contributed by atoms with Crippen LogP contribution in [0.15, 0.2) is 0 Å². The molecule has 17 heavy (non-hydrogen) atoms. The Kier molecular flexibility index (Phi) is 7.39. The molecule has 0 saturated heterocycles. The Labute approximate surface area is 106 Å². The van der Waals surface area contributed by atoms with Crippen LogP contribution in [0.25, 0.3) is 0 Å². The van der Waals surface area contributed by atoms with Crippen LogP contribution in [0.2, 0.25) is 0 Å². The van der Waals surface area contributed by atoms with Crippen LogP contribution in [0.3, 0.4) is 0 Å². The van der Waals surface area contributed by atoms with Crippen molar-refractivity contribution in [3.63, 3.8) is 0 Å². The minimum atomic E-state index is -0.106. The number of hydrogen-bond acceptors (Lipinski definition) is 3. The Bertz CT molecular complexity index is 227. The minimum absolute atomic E-state index is 0.0774. The lowest BCUT2D eigenvalue weighted by Crippen LogP contribution is -2.47. The van der Waals surface area contributed by atoms with Gasteiger partial charge in [-0.2, -0.15) is 0 Å². The minimum Gasteiger partial charge on any atom is -0.350 e. The van der Waals surface area contributed by atoms with Crippen molar-refractivity contribution in [3.05, 3.63) is 0 Å². The summed E-state index contributed by atoms with van der Waals surface area (Å²) in [5.74, 6) is 0.0774. The molecule has 0 spiro atoms. The van der Waals surface area contributed by atoms with Crippen LogP contribution in [0.4, 0.5) is 0 Å². The molecular formula is C13H29N3O. The fraction of sp³-hybridized carbons (Fsp3) is 0.923. The van der Waals surface area contributed by atoms with Crippen molar-refractivity contribution >= 4 is 5.91 Å². The van der Waals surface area contributed by atoms with Crippen LogP contribution >= 0.6 is 0 Å². The first-order valence-electron chi connectivity index (χ1n) is 6.46. The molecule has 2 N–H and O–H groups in total. The van der Waals surface area contributed by atoms with E-state index in [2.05, 4.69) is 43.5 Å². The third-order valence-electron chi connectivity index (χ3n) is 2.98. The summed E-state index contributed by atoms with van der Waals surface area (Å²) in [6, 6.07) is 0.368. The zero-order valence-electron chi connectivity index (χ0n) is 12.3. The molecule has 0 heterocycles. The maximum Gasteiger partial charge on any atom is 0.234 e. The molecule has 1 unspecified atom stereocenters. The first-order chi connectivity index (χ1) is 7.76. The Morgan fingerprint density at radius 3 is 2.41 bits per heavy atom. The summed E-state index contributed by atoms with van der Waals surface area (Å²) in [5.41, 5.74) is -0.106. The van der Waals surface area contributed by atoms with Crippen molar-refractivity contribution in [2.45, 2.75) is 52.1 Å². The predicted molar refractivity (Wildman–Crippen MR) is 73.1 cm³/mol. The van der Waals surface area contributed by atoms with Gasteiger partial charge in [-0.05, 0) is 54.3 Å². The molecule has 1 amide bonds. The van der Waals surface area contributed by atoms with E-state index in [1.54, 1.807) is 0 Å². The third-order valence-corrected chi connectivity index (χ3v) is 2.98. The average Bonchev–Trinajstić information content (AvgIpc) is 2.23. The topological polar surface area (TPSA) is 44.4 Å². The van der Waals surface area contributed by atoms with Gasteiger partial charge in [-0.25, -0.2) is 0 Å². The molecular weight excluding hydrogens is 214 g/mol. The maximum atomic E-state index is 11.7. The van der Waals surface area contributed by atoms with Crippen molar-refractivity contribution in [1.29, 1.82) is 0 Å². The third kappa shape index (κ3) is 9.12. The van der Waals surface area contributed by atoms with Crippen molar-refractivity contribution in [3.8, 4) is 0 Å². The lowest BCUT2D eigenvalue weighted by atomic mass is 10.0. The quantitative estimate of drug-likeness (QED) is 0.674. The van der Waals surface area contributed by atoms with Crippen molar-refractivity contribution in [1.82, 2.24) is 15.5 Å². The van der Waals surface area contributed by atoms with Gasteiger partial charge >= 0.3 is 0 Å². The van der Waals surface area contributed by atoms with Crippen molar-refractivity contribution in [2.24, 2.45) is 0 Å². The fourth-order valence-corrected chi connectivity index (χ4v) is 1.33. The highest BCUT2D eigenvalue weighted by molar-refractivity contribution is 5.78. The van der Waals surface area contributed by atoms with E-state index in [-0.39, 0.29) is 11.4 Å². The number of nitrogens with one attached hydrogen (secondary N) is 2. The number of rotatable bonds is 8. The van der Waals surface area contributed by atoms with Gasteiger partial charge in [0.1, 0.15) is 0 Å². The first-order valence-corrected chi connectivity index (χ1v) is 6.46. The van der Waals surface area contributed by atoms with Gasteiger partial charge in [0.15, 0.2) is 0 Å². The van der Waals surface area contributed by atoms with Gasteiger partial charge in [0, 0.05) is 11.6 Å². The molecule has 0 aromatic carbocycles. The maximum absolute atomic E-state index is 11.7. The summed E-state index contributed by atoms with van der Waals surface area (Å²) in [7, 11) is 4.12. The Hall–Kier alpha value is -0.610. The van der Waals surface area contributed by atoms with Crippen LogP contribution in [-0.2, 0) is 4.79 Å². The summed E-state index contributed by atoms with van der Waals surface area (Å²) in [6.07, 6.45) is 1.99.